The molecule has 0 saturated heterocycles. The van der Waals surface area contributed by atoms with Gasteiger partial charge in [0.15, 0.2) is 0 Å². The van der Waals surface area contributed by atoms with E-state index in [4.69, 9.17) is 4.74 Å². The van der Waals surface area contributed by atoms with Gasteiger partial charge in [0.05, 0.1) is 11.2 Å². The van der Waals surface area contributed by atoms with E-state index in [2.05, 4.69) is 88.7 Å². The van der Waals surface area contributed by atoms with Crippen LogP contribution in [0.15, 0.2) is 87.0 Å². The quantitative estimate of drug-likeness (QED) is 0.318. The number of ether oxygens (including phenoxy) is 1. The molecule has 0 aliphatic rings. The molecule has 0 saturated carbocycles. The Balaban J connectivity index is 2.01. The summed E-state index contributed by atoms with van der Waals surface area (Å²) < 4.78 is 6.63. The minimum atomic E-state index is -0.431. The van der Waals surface area contributed by atoms with Crippen LogP contribution in [0.2, 0.25) is 0 Å². The van der Waals surface area contributed by atoms with Gasteiger partial charge in [-0.15, -0.1) is 13.2 Å². The second kappa shape index (κ2) is 10.6. The Labute approximate surface area is 189 Å². The molecule has 2 unspecified atom stereocenters. The Hall–Kier alpha value is -2.64. The molecule has 2 atom stereocenters. The summed E-state index contributed by atoms with van der Waals surface area (Å²) in [5.41, 5.74) is 6.26. The van der Waals surface area contributed by atoms with E-state index in [0.29, 0.717) is 0 Å². The molecule has 164 valence electrons. The van der Waals surface area contributed by atoms with Gasteiger partial charge < -0.3 is 4.74 Å². The molecule has 2 aromatic rings. The molecular weight excluding hydrogens is 376 g/mol. The van der Waals surface area contributed by atoms with Gasteiger partial charge in [-0.2, -0.15) is 0 Å². The topological polar surface area (TPSA) is 9.23 Å². The van der Waals surface area contributed by atoms with Gasteiger partial charge in [0.25, 0.3) is 0 Å². The van der Waals surface area contributed by atoms with Gasteiger partial charge in [-0.3, -0.25) is 0 Å². The maximum absolute atomic E-state index is 6.63. The van der Waals surface area contributed by atoms with Crippen molar-refractivity contribution in [3.63, 3.8) is 0 Å². The summed E-state index contributed by atoms with van der Waals surface area (Å²) in [6.45, 7) is 24.4. The Bertz CT molecular complexity index is 838. The smallest absolute Gasteiger partial charge is 0.0846 e. The van der Waals surface area contributed by atoms with E-state index in [1.54, 1.807) is 0 Å². The van der Waals surface area contributed by atoms with Crippen molar-refractivity contribution in [3.8, 4) is 0 Å². The van der Waals surface area contributed by atoms with Crippen LogP contribution in [0.1, 0.15) is 62.8 Å². The first-order chi connectivity index (χ1) is 14.6. The molecule has 0 heterocycles. The Kier molecular flexibility index (Phi) is 8.42. The van der Waals surface area contributed by atoms with Crippen LogP contribution in [0.4, 0.5) is 0 Å². The van der Waals surface area contributed by atoms with Crippen molar-refractivity contribution in [2.45, 2.75) is 64.6 Å². The van der Waals surface area contributed by atoms with Gasteiger partial charge in [0.2, 0.25) is 0 Å². The summed E-state index contributed by atoms with van der Waals surface area (Å²) in [5.74, 6) is 0. The molecule has 0 amide bonds. The average Bonchev–Trinajstić information content (AvgIpc) is 2.77. The molecule has 0 radical (unpaired) electrons. The van der Waals surface area contributed by atoms with Crippen LogP contribution < -0.4 is 0 Å². The molecule has 0 N–H and O–H groups in total. The highest BCUT2D eigenvalue weighted by Gasteiger charge is 2.31. The molecule has 1 nitrogen and oxygen atoms in total. The molecular formula is C30H38O. The van der Waals surface area contributed by atoms with Crippen LogP contribution in [0.5, 0.6) is 0 Å². The van der Waals surface area contributed by atoms with Crippen molar-refractivity contribution in [1.29, 1.82) is 0 Å². The lowest BCUT2D eigenvalue weighted by atomic mass is 9.91. The molecule has 0 aromatic heterocycles. The highest BCUT2D eigenvalue weighted by molar-refractivity contribution is 5.61. The zero-order valence-corrected chi connectivity index (χ0v) is 19.8. The highest BCUT2D eigenvalue weighted by atomic mass is 16.5. The summed E-state index contributed by atoms with van der Waals surface area (Å²) >= 11 is 0. The standard InChI is InChI=1S/C30H38O/c1-9-29(7,21-19-25-11-15-27(16-12-25)23(3)4)31-30(8,10-2)22-20-26-13-17-28(18-14-26)24(5)6/h9-18H,1-3,5,19-22H2,4,6-8H3. The Morgan fingerprint density at radius 2 is 1.03 bits per heavy atom. The van der Waals surface area contributed by atoms with Gasteiger partial charge in [0.1, 0.15) is 0 Å². The predicted molar refractivity (Wildman–Crippen MR) is 137 cm³/mol. The first-order valence-corrected chi connectivity index (χ1v) is 11.1. The molecule has 0 aliphatic carbocycles. The fourth-order valence-electron chi connectivity index (χ4n) is 3.62. The highest BCUT2D eigenvalue weighted by Crippen LogP contribution is 2.31. The van der Waals surface area contributed by atoms with E-state index in [1.807, 2.05) is 26.0 Å². The number of benzene rings is 2. The van der Waals surface area contributed by atoms with Crippen molar-refractivity contribution >= 4 is 11.1 Å². The maximum Gasteiger partial charge on any atom is 0.0846 e. The molecule has 0 aliphatic heterocycles. The third kappa shape index (κ3) is 7.22. The normalized spacial score (nSPS) is 14.8. The van der Waals surface area contributed by atoms with Crippen molar-refractivity contribution in [1.82, 2.24) is 0 Å². The number of aryl methyl sites for hydroxylation is 2. The molecule has 0 fully saturated rings. The van der Waals surface area contributed by atoms with Crippen LogP contribution in [-0.4, -0.2) is 11.2 Å². The van der Waals surface area contributed by atoms with Crippen molar-refractivity contribution in [3.05, 3.63) is 109 Å². The third-order valence-corrected chi connectivity index (χ3v) is 6.04. The Morgan fingerprint density at radius 1 is 0.710 bits per heavy atom. The van der Waals surface area contributed by atoms with Crippen LogP contribution in [0.3, 0.4) is 0 Å². The molecule has 2 rings (SSSR count). The second-order valence-electron chi connectivity index (χ2n) is 9.09. The zero-order chi connectivity index (χ0) is 23.1. The van der Waals surface area contributed by atoms with E-state index in [-0.39, 0.29) is 0 Å². The van der Waals surface area contributed by atoms with E-state index in [1.165, 1.54) is 22.3 Å². The number of allylic oxidation sites excluding steroid dienone is 2. The van der Waals surface area contributed by atoms with Gasteiger partial charge in [-0.05, 0) is 75.6 Å². The predicted octanol–water partition coefficient (Wildman–Crippen LogP) is 8.22. The van der Waals surface area contributed by atoms with Crippen LogP contribution in [0, 0.1) is 0 Å². The molecule has 0 spiro atoms. The van der Waals surface area contributed by atoms with Crippen LogP contribution in [-0.2, 0) is 17.6 Å². The summed E-state index contributed by atoms with van der Waals surface area (Å²) in [6, 6.07) is 17.2. The molecule has 2 aromatic carbocycles. The summed E-state index contributed by atoms with van der Waals surface area (Å²) in [6.07, 6.45) is 7.43. The average molecular weight is 415 g/mol. The van der Waals surface area contributed by atoms with Gasteiger partial charge in [0, 0.05) is 0 Å². The summed E-state index contributed by atoms with van der Waals surface area (Å²) in [5, 5.41) is 0. The van der Waals surface area contributed by atoms with Crippen molar-refractivity contribution < 1.29 is 4.74 Å². The monoisotopic (exact) mass is 414 g/mol. The largest absolute Gasteiger partial charge is 0.361 e. The van der Waals surface area contributed by atoms with Crippen LogP contribution >= 0.6 is 0 Å². The number of hydrogen-bond acceptors (Lipinski definition) is 1. The first kappa shape index (κ1) is 24.6. The Morgan fingerprint density at radius 3 is 1.29 bits per heavy atom. The summed E-state index contributed by atoms with van der Waals surface area (Å²) in [7, 11) is 0. The van der Waals surface area contributed by atoms with Crippen molar-refractivity contribution in [2.24, 2.45) is 0 Å². The molecule has 31 heavy (non-hydrogen) atoms. The van der Waals surface area contributed by atoms with Crippen LogP contribution in [0.25, 0.3) is 11.1 Å². The number of hydrogen-bond donors (Lipinski definition) is 0. The van der Waals surface area contributed by atoms with E-state index >= 15 is 0 Å². The fourth-order valence-corrected chi connectivity index (χ4v) is 3.62. The third-order valence-electron chi connectivity index (χ3n) is 6.04. The summed E-state index contributed by atoms with van der Waals surface area (Å²) in [4.78, 5) is 0. The lowest BCUT2D eigenvalue weighted by Crippen LogP contribution is -2.39. The lowest BCUT2D eigenvalue weighted by molar-refractivity contribution is -0.0955. The molecule has 1 heteroatoms. The number of rotatable bonds is 12. The van der Waals surface area contributed by atoms with Gasteiger partial charge in [-0.25, -0.2) is 0 Å². The minimum absolute atomic E-state index is 0.431. The van der Waals surface area contributed by atoms with Crippen molar-refractivity contribution in [2.75, 3.05) is 0 Å². The van der Waals surface area contributed by atoms with E-state index in [9.17, 15) is 0 Å². The van der Waals surface area contributed by atoms with E-state index < -0.39 is 11.2 Å². The second-order valence-corrected chi connectivity index (χ2v) is 9.09. The fraction of sp³-hybridized carbons (Fsp3) is 0.333. The first-order valence-electron chi connectivity index (χ1n) is 11.1. The SMILES string of the molecule is C=CC(C)(CCc1ccc(C(=C)C)cc1)OC(C)(C=C)CCc1ccc(C(=C)C)cc1. The van der Waals surface area contributed by atoms with Gasteiger partial charge >= 0.3 is 0 Å². The zero-order valence-electron chi connectivity index (χ0n) is 19.8. The minimum Gasteiger partial charge on any atom is -0.361 e. The molecule has 0 bridgehead atoms. The lowest BCUT2D eigenvalue weighted by Gasteiger charge is -2.37. The van der Waals surface area contributed by atoms with Gasteiger partial charge in [-0.1, -0.05) is 85.0 Å². The van der Waals surface area contributed by atoms with E-state index in [0.717, 1.165) is 36.8 Å². The maximum atomic E-state index is 6.63.